The zero-order chi connectivity index (χ0) is 10.9. The van der Waals surface area contributed by atoms with E-state index in [0.717, 1.165) is 5.56 Å². The largest absolute Gasteiger partial charge is 0.309 e. The van der Waals surface area contributed by atoms with Crippen LogP contribution in [0.25, 0.3) is 0 Å². The lowest BCUT2D eigenvalue weighted by Gasteiger charge is -2.02. The zero-order valence-corrected chi connectivity index (χ0v) is 9.21. The molecule has 0 saturated heterocycles. The van der Waals surface area contributed by atoms with Crippen LogP contribution in [0.1, 0.15) is 12.0 Å². The SMILES string of the molecule is Cc1ccc(S(=O)(=O)C2=NNCC2)cc1. The van der Waals surface area contributed by atoms with Crippen LogP contribution < -0.4 is 5.43 Å². The summed E-state index contributed by atoms with van der Waals surface area (Å²) in [5.74, 6) is 0. The van der Waals surface area contributed by atoms with Crippen LogP contribution in [-0.2, 0) is 9.84 Å². The molecule has 80 valence electrons. The van der Waals surface area contributed by atoms with Crippen molar-refractivity contribution in [2.75, 3.05) is 6.54 Å². The van der Waals surface area contributed by atoms with Gasteiger partial charge in [0.25, 0.3) is 0 Å². The molecule has 1 aromatic carbocycles. The summed E-state index contributed by atoms with van der Waals surface area (Å²) in [7, 11) is -3.37. The van der Waals surface area contributed by atoms with Crippen molar-refractivity contribution < 1.29 is 8.42 Å². The zero-order valence-electron chi connectivity index (χ0n) is 8.40. The maximum Gasteiger partial charge on any atom is 0.221 e. The molecule has 1 aliphatic heterocycles. The van der Waals surface area contributed by atoms with E-state index in [0.29, 0.717) is 17.9 Å². The fourth-order valence-corrected chi connectivity index (χ4v) is 2.73. The van der Waals surface area contributed by atoms with Gasteiger partial charge in [-0.15, -0.1) is 0 Å². The minimum Gasteiger partial charge on any atom is -0.309 e. The Bertz CT molecular complexity index is 489. The highest BCUT2D eigenvalue weighted by atomic mass is 32.2. The summed E-state index contributed by atoms with van der Waals surface area (Å²) in [5, 5.41) is 4.01. The van der Waals surface area contributed by atoms with E-state index in [1.54, 1.807) is 24.3 Å². The molecule has 0 unspecified atom stereocenters. The molecule has 0 aliphatic carbocycles. The Morgan fingerprint density at radius 3 is 2.47 bits per heavy atom. The van der Waals surface area contributed by atoms with Gasteiger partial charge in [0.15, 0.2) is 5.04 Å². The third kappa shape index (κ3) is 1.87. The minimum absolute atomic E-state index is 0.228. The summed E-state index contributed by atoms with van der Waals surface area (Å²) in [5.41, 5.74) is 3.71. The maximum atomic E-state index is 12.0. The van der Waals surface area contributed by atoms with E-state index < -0.39 is 9.84 Å². The van der Waals surface area contributed by atoms with Gasteiger partial charge in [0.05, 0.1) is 4.90 Å². The van der Waals surface area contributed by atoms with Crippen molar-refractivity contribution in [3.05, 3.63) is 29.8 Å². The van der Waals surface area contributed by atoms with Crippen LogP contribution in [-0.4, -0.2) is 20.0 Å². The van der Waals surface area contributed by atoms with Crippen LogP contribution in [0, 0.1) is 6.92 Å². The van der Waals surface area contributed by atoms with E-state index in [9.17, 15) is 8.42 Å². The Kier molecular flexibility index (Phi) is 2.48. The Balaban J connectivity index is 2.41. The number of aryl methyl sites for hydroxylation is 1. The van der Waals surface area contributed by atoms with Gasteiger partial charge in [-0.05, 0) is 19.1 Å². The summed E-state index contributed by atoms with van der Waals surface area (Å²) in [6, 6.07) is 6.81. The number of rotatable bonds is 1. The second-order valence-corrected chi connectivity index (χ2v) is 5.43. The molecule has 1 heterocycles. The predicted octanol–water partition coefficient (Wildman–Crippen LogP) is 1.08. The highest BCUT2D eigenvalue weighted by Crippen LogP contribution is 2.16. The first-order valence-corrected chi connectivity index (χ1v) is 6.20. The molecular formula is C10H12N2O2S. The number of hydrogen-bond donors (Lipinski definition) is 1. The Morgan fingerprint density at radius 2 is 1.93 bits per heavy atom. The summed E-state index contributed by atoms with van der Waals surface area (Å²) >= 11 is 0. The molecule has 0 fully saturated rings. The van der Waals surface area contributed by atoms with Crippen molar-refractivity contribution in [2.45, 2.75) is 18.2 Å². The standard InChI is InChI=1S/C10H12N2O2S/c1-8-2-4-9(5-3-8)15(13,14)10-6-7-11-12-10/h2-5,11H,6-7H2,1H3. The Morgan fingerprint density at radius 1 is 1.27 bits per heavy atom. The second kappa shape index (κ2) is 3.66. The third-order valence-electron chi connectivity index (χ3n) is 2.30. The lowest BCUT2D eigenvalue weighted by atomic mass is 10.2. The Hall–Kier alpha value is -1.36. The van der Waals surface area contributed by atoms with Crippen LogP contribution in [0.15, 0.2) is 34.3 Å². The van der Waals surface area contributed by atoms with Gasteiger partial charge in [0.1, 0.15) is 0 Å². The molecule has 5 heteroatoms. The highest BCUT2D eigenvalue weighted by Gasteiger charge is 2.24. The van der Waals surface area contributed by atoms with Crippen molar-refractivity contribution >= 4 is 14.9 Å². The van der Waals surface area contributed by atoms with Crippen molar-refractivity contribution in [1.29, 1.82) is 0 Å². The summed E-state index contributed by atoms with van der Waals surface area (Å²) < 4.78 is 23.9. The summed E-state index contributed by atoms with van der Waals surface area (Å²) in [6.07, 6.45) is 0.468. The normalized spacial score (nSPS) is 15.9. The first-order valence-electron chi connectivity index (χ1n) is 4.72. The third-order valence-corrected chi connectivity index (χ3v) is 4.10. The van der Waals surface area contributed by atoms with Gasteiger partial charge in [-0.25, -0.2) is 8.42 Å². The Labute approximate surface area is 88.9 Å². The average molecular weight is 224 g/mol. The molecule has 1 aliphatic rings. The van der Waals surface area contributed by atoms with Crippen LogP contribution in [0.5, 0.6) is 0 Å². The molecule has 1 aromatic rings. The van der Waals surface area contributed by atoms with E-state index in [4.69, 9.17) is 0 Å². The molecule has 0 atom stereocenters. The van der Waals surface area contributed by atoms with Gasteiger partial charge in [-0.3, -0.25) is 0 Å². The number of benzene rings is 1. The van der Waals surface area contributed by atoms with E-state index in [1.165, 1.54) is 0 Å². The molecular weight excluding hydrogens is 212 g/mol. The van der Waals surface area contributed by atoms with Crippen LogP contribution in [0.4, 0.5) is 0 Å². The van der Waals surface area contributed by atoms with Crippen LogP contribution in [0.3, 0.4) is 0 Å². The number of hydrogen-bond acceptors (Lipinski definition) is 4. The van der Waals surface area contributed by atoms with E-state index in [1.807, 2.05) is 6.92 Å². The minimum atomic E-state index is -3.37. The fourth-order valence-electron chi connectivity index (χ4n) is 1.41. The van der Waals surface area contributed by atoms with Crippen LogP contribution >= 0.6 is 0 Å². The molecule has 0 spiro atoms. The lowest BCUT2D eigenvalue weighted by Crippen LogP contribution is -2.13. The van der Waals surface area contributed by atoms with Gasteiger partial charge in [0.2, 0.25) is 9.84 Å². The molecule has 0 saturated carbocycles. The van der Waals surface area contributed by atoms with Gasteiger partial charge in [0, 0.05) is 13.0 Å². The molecule has 1 N–H and O–H groups in total. The molecule has 0 aromatic heterocycles. The fraction of sp³-hybridized carbons (Fsp3) is 0.300. The van der Waals surface area contributed by atoms with E-state index in [-0.39, 0.29) is 5.04 Å². The smallest absolute Gasteiger partial charge is 0.221 e. The molecule has 0 radical (unpaired) electrons. The summed E-state index contributed by atoms with van der Waals surface area (Å²) in [4.78, 5) is 0.315. The summed E-state index contributed by atoms with van der Waals surface area (Å²) in [6.45, 7) is 2.52. The predicted molar refractivity (Wildman–Crippen MR) is 58.4 cm³/mol. The van der Waals surface area contributed by atoms with Gasteiger partial charge in [-0.2, -0.15) is 5.10 Å². The number of hydrazone groups is 1. The average Bonchev–Trinajstić information content (AvgIpc) is 2.71. The second-order valence-electron chi connectivity index (χ2n) is 3.48. The van der Waals surface area contributed by atoms with Crippen LogP contribution in [0.2, 0.25) is 0 Å². The van der Waals surface area contributed by atoms with Crippen molar-refractivity contribution in [1.82, 2.24) is 5.43 Å². The van der Waals surface area contributed by atoms with Gasteiger partial charge < -0.3 is 5.43 Å². The molecule has 15 heavy (non-hydrogen) atoms. The molecule has 4 nitrogen and oxygen atoms in total. The van der Waals surface area contributed by atoms with Gasteiger partial charge in [-0.1, -0.05) is 17.7 Å². The number of nitrogens with one attached hydrogen (secondary N) is 1. The maximum absolute atomic E-state index is 12.0. The number of sulfone groups is 1. The lowest BCUT2D eigenvalue weighted by molar-refractivity contribution is 0.606. The number of nitrogens with zero attached hydrogens (tertiary/aromatic N) is 1. The van der Waals surface area contributed by atoms with Gasteiger partial charge >= 0.3 is 0 Å². The molecule has 0 amide bonds. The first-order chi connectivity index (χ1) is 7.10. The van der Waals surface area contributed by atoms with Crippen molar-refractivity contribution in [2.24, 2.45) is 5.10 Å². The van der Waals surface area contributed by atoms with Crippen molar-refractivity contribution in [3.8, 4) is 0 Å². The highest BCUT2D eigenvalue weighted by molar-refractivity contribution is 8.06. The van der Waals surface area contributed by atoms with Crippen molar-refractivity contribution in [3.63, 3.8) is 0 Å². The van der Waals surface area contributed by atoms with E-state index in [2.05, 4.69) is 10.5 Å². The van der Waals surface area contributed by atoms with E-state index >= 15 is 0 Å². The molecule has 0 bridgehead atoms. The topological polar surface area (TPSA) is 58.5 Å². The molecule has 2 rings (SSSR count). The first kappa shape index (κ1) is 10.2. The monoisotopic (exact) mass is 224 g/mol. The quantitative estimate of drug-likeness (QED) is 0.776.